The molecule has 1 atom stereocenters. The predicted octanol–water partition coefficient (Wildman–Crippen LogP) is 4.59. The van der Waals surface area contributed by atoms with Gasteiger partial charge in [0, 0.05) is 6.04 Å². The molecular weight excluding hydrogens is 258 g/mol. The Morgan fingerprint density at radius 2 is 1.62 bits per heavy atom. The molecule has 0 saturated heterocycles. The highest BCUT2D eigenvalue weighted by molar-refractivity contribution is 5.21. The van der Waals surface area contributed by atoms with Gasteiger partial charge >= 0.3 is 0 Å². The first kappa shape index (κ1) is 15.6. The van der Waals surface area contributed by atoms with Gasteiger partial charge in [-0.05, 0) is 37.1 Å². The van der Waals surface area contributed by atoms with Crippen molar-refractivity contribution in [2.75, 3.05) is 13.2 Å². The zero-order valence-corrected chi connectivity index (χ0v) is 12.8. The van der Waals surface area contributed by atoms with Crippen LogP contribution < -0.4 is 10.1 Å². The third-order valence-electron chi connectivity index (χ3n) is 3.50. The third-order valence-corrected chi connectivity index (χ3v) is 3.50. The van der Waals surface area contributed by atoms with E-state index in [2.05, 4.69) is 42.6 Å². The van der Waals surface area contributed by atoms with Crippen LogP contribution in [-0.2, 0) is 0 Å². The maximum absolute atomic E-state index is 5.71. The molecule has 0 bridgehead atoms. The number of rotatable bonds is 9. The molecule has 0 fully saturated rings. The van der Waals surface area contributed by atoms with Crippen LogP contribution in [0.4, 0.5) is 0 Å². The minimum atomic E-state index is 0.452. The molecule has 112 valence electrons. The Morgan fingerprint density at radius 3 is 2.29 bits per heavy atom. The quantitative estimate of drug-likeness (QED) is 0.680. The molecule has 2 aromatic carbocycles. The lowest BCUT2D eigenvalue weighted by atomic mass is 10.0. The maximum Gasteiger partial charge on any atom is 0.119 e. The van der Waals surface area contributed by atoms with Crippen LogP contribution in [-0.4, -0.2) is 13.2 Å². The fourth-order valence-corrected chi connectivity index (χ4v) is 2.42. The average molecular weight is 283 g/mol. The summed E-state index contributed by atoms with van der Waals surface area (Å²) in [5.41, 5.74) is 1.38. The highest BCUT2D eigenvalue weighted by Crippen LogP contribution is 2.17. The summed E-state index contributed by atoms with van der Waals surface area (Å²) in [6, 6.07) is 21.1. The van der Waals surface area contributed by atoms with E-state index in [-0.39, 0.29) is 0 Å². The van der Waals surface area contributed by atoms with E-state index in [1.807, 2.05) is 30.3 Å². The van der Waals surface area contributed by atoms with Crippen LogP contribution in [0.2, 0.25) is 0 Å². The molecule has 0 heterocycles. The summed E-state index contributed by atoms with van der Waals surface area (Å²) in [5.74, 6) is 0.950. The van der Waals surface area contributed by atoms with Crippen LogP contribution in [0.5, 0.6) is 5.75 Å². The fourth-order valence-electron chi connectivity index (χ4n) is 2.42. The summed E-state index contributed by atoms with van der Waals surface area (Å²) in [6.45, 7) is 3.97. The lowest BCUT2D eigenvalue weighted by molar-refractivity contribution is 0.303. The van der Waals surface area contributed by atoms with Crippen molar-refractivity contribution < 1.29 is 4.74 Å². The van der Waals surface area contributed by atoms with E-state index in [1.165, 1.54) is 18.4 Å². The Hall–Kier alpha value is -1.80. The summed E-state index contributed by atoms with van der Waals surface area (Å²) in [5, 5.41) is 3.64. The van der Waals surface area contributed by atoms with Gasteiger partial charge in [0.1, 0.15) is 5.75 Å². The molecule has 2 nitrogen and oxygen atoms in total. The van der Waals surface area contributed by atoms with Gasteiger partial charge in [0.2, 0.25) is 0 Å². The van der Waals surface area contributed by atoms with Crippen molar-refractivity contribution in [3.63, 3.8) is 0 Å². The average Bonchev–Trinajstić information content (AvgIpc) is 2.55. The smallest absolute Gasteiger partial charge is 0.119 e. The Kier molecular flexibility index (Phi) is 6.82. The minimum absolute atomic E-state index is 0.452. The molecule has 1 N–H and O–H groups in total. The largest absolute Gasteiger partial charge is 0.494 e. The van der Waals surface area contributed by atoms with Crippen LogP contribution >= 0.6 is 0 Å². The number of benzene rings is 2. The lowest BCUT2D eigenvalue weighted by Crippen LogP contribution is -2.23. The van der Waals surface area contributed by atoms with Gasteiger partial charge in [-0.1, -0.05) is 61.9 Å². The lowest BCUT2D eigenvalue weighted by Gasteiger charge is -2.18. The summed E-state index contributed by atoms with van der Waals surface area (Å²) in [6.07, 6.45) is 3.37. The van der Waals surface area contributed by atoms with Crippen molar-refractivity contribution in [1.82, 2.24) is 5.32 Å². The van der Waals surface area contributed by atoms with Crippen molar-refractivity contribution in [3.05, 3.63) is 66.2 Å². The SMILES string of the molecule is CCCC(NCCCOc1ccccc1)c1ccccc1. The number of ether oxygens (including phenoxy) is 1. The number of para-hydroxylation sites is 1. The monoisotopic (exact) mass is 283 g/mol. The topological polar surface area (TPSA) is 21.3 Å². The first-order valence-corrected chi connectivity index (χ1v) is 7.86. The molecule has 0 spiro atoms. The summed E-state index contributed by atoms with van der Waals surface area (Å²) in [4.78, 5) is 0. The molecular formula is C19H25NO. The van der Waals surface area contributed by atoms with E-state index in [9.17, 15) is 0 Å². The Bertz CT molecular complexity index is 483. The summed E-state index contributed by atoms with van der Waals surface area (Å²) >= 11 is 0. The number of nitrogens with one attached hydrogen (secondary N) is 1. The molecule has 0 aliphatic rings. The van der Waals surface area contributed by atoms with E-state index >= 15 is 0 Å². The van der Waals surface area contributed by atoms with Crippen molar-refractivity contribution >= 4 is 0 Å². The van der Waals surface area contributed by atoms with Gasteiger partial charge in [0.15, 0.2) is 0 Å². The molecule has 0 aromatic heterocycles. The molecule has 2 rings (SSSR count). The van der Waals surface area contributed by atoms with Crippen molar-refractivity contribution in [3.8, 4) is 5.75 Å². The molecule has 2 aromatic rings. The Labute approximate surface area is 128 Å². The van der Waals surface area contributed by atoms with Crippen molar-refractivity contribution in [2.45, 2.75) is 32.2 Å². The fraction of sp³-hybridized carbons (Fsp3) is 0.368. The molecule has 2 heteroatoms. The van der Waals surface area contributed by atoms with E-state index in [1.54, 1.807) is 0 Å². The van der Waals surface area contributed by atoms with Gasteiger partial charge in [-0.2, -0.15) is 0 Å². The molecule has 21 heavy (non-hydrogen) atoms. The second kappa shape index (κ2) is 9.19. The molecule has 0 amide bonds. The van der Waals surface area contributed by atoms with Crippen LogP contribution in [0.15, 0.2) is 60.7 Å². The van der Waals surface area contributed by atoms with Gasteiger partial charge in [-0.15, -0.1) is 0 Å². The second-order valence-corrected chi connectivity index (χ2v) is 5.22. The number of hydrogen-bond acceptors (Lipinski definition) is 2. The molecule has 0 saturated carbocycles. The van der Waals surface area contributed by atoms with E-state index in [4.69, 9.17) is 4.74 Å². The first-order chi connectivity index (χ1) is 10.4. The van der Waals surface area contributed by atoms with Crippen LogP contribution in [0.3, 0.4) is 0 Å². The normalized spacial score (nSPS) is 12.0. The summed E-state index contributed by atoms with van der Waals surface area (Å²) < 4.78 is 5.71. The van der Waals surface area contributed by atoms with Gasteiger partial charge in [0.25, 0.3) is 0 Å². The van der Waals surface area contributed by atoms with Gasteiger partial charge in [-0.25, -0.2) is 0 Å². The molecule has 1 unspecified atom stereocenters. The van der Waals surface area contributed by atoms with Crippen molar-refractivity contribution in [2.24, 2.45) is 0 Å². The highest BCUT2D eigenvalue weighted by atomic mass is 16.5. The minimum Gasteiger partial charge on any atom is -0.494 e. The Morgan fingerprint density at radius 1 is 0.952 bits per heavy atom. The highest BCUT2D eigenvalue weighted by Gasteiger charge is 2.08. The van der Waals surface area contributed by atoms with E-state index in [0.29, 0.717) is 6.04 Å². The first-order valence-electron chi connectivity index (χ1n) is 7.86. The standard InChI is InChI=1S/C19H25NO/c1-2-10-19(17-11-5-3-6-12-17)20-15-9-16-21-18-13-7-4-8-14-18/h3-8,11-14,19-20H,2,9-10,15-16H2,1H3. The zero-order valence-electron chi connectivity index (χ0n) is 12.8. The van der Waals surface area contributed by atoms with E-state index < -0.39 is 0 Å². The Balaban J connectivity index is 1.70. The van der Waals surface area contributed by atoms with Gasteiger partial charge in [-0.3, -0.25) is 0 Å². The van der Waals surface area contributed by atoms with Crippen molar-refractivity contribution in [1.29, 1.82) is 0 Å². The van der Waals surface area contributed by atoms with Crippen LogP contribution in [0.25, 0.3) is 0 Å². The van der Waals surface area contributed by atoms with Gasteiger partial charge in [0.05, 0.1) is 6.61 Å². The second-order valence-electron chi connectivity index (χ2n) is 5.22. The van der Waals surface area contributed by atoms with Crippen LogP contribution in [0, 0.1) is 0 Å². The van der Waals surface area contributed by atoms with Crippen LogP contribution in [0.1, 0.15) is 37.8 Å². The summed E-state index contributed by atoms with van der Waals surface area (Å²) in [7, 11) is 0. The predicted molar refractivity (Wildman–Crippen MR) is 88.6 cm³/mol. The molecule has 0 radical (unpaired) electrons. The zero-order chi connectivity index (χ0) is 14.8. The maximum atomic E-state index is 5.71. The molecule has 0 aliphatic carbocycles. The number of hydrogen-bond donors (Lipinski definition) is 1. The third kappa shape index (κ3) is 5.60. The van der Waals surface area contributed by atoms with E-state index in [0.717, 1.165) is 25.3 Å². The van der Waals surface area contributed by atoms with Gasteiger partial charge < -0.3 is 10.1 Å². The molecule has 0 aliphatic heterocycles.